The molecule has 2 N–H and O–H groups in total. The van der Waals surface area contributed by atoms with Crippen molar-refractivity contribution < 1.29 is 0 Å². The molecule has 0 aliphatic heterocycles. The Labute approximate surface area is 89.2 Å². The maximum absolute atomic E-state index is 4.91. The molecule has 0 fully saturated rings. The number of hydrogen-bond donors (Lipinski definition) is 2. The van der Waals surface area contributed by atoms with Gasteiger partial charge in [0.1, 0.15) is 0 Å². The van der Waals surface area contributed by atoms with Crippen molar-refractivity contribution in [2.24, 2.45) is 5.10 Å². The highest BCUT2D eigenvalue weighted by molar-refractivity contribution is 7.80. The SMILES string of the molecule is C=NNC(=S)NCCc1ccccc1. The predicted molar refractivity (Wildman–Crippen MR) is 63.4 cm³/mol. The molecule has 0 saturated heterocycles. The number of hydrazone groups is 1. The molecule has 0 atom stereocenters. The third-order valence-electron chi connectivity index (χ3n) is 1.72. The molecule has 1 aromatic rings. The molecule has 14 heavy (non-hydrogen) atoms. The number of hydrogen-bond acceptors (Lipinski definition) is 2. The van der Waals surface area contributed by atoms with Crippen LogP contribution in [0.25, 0.3) is 0 Å². The van der Waals surface area contributed by atoms with Crippen LogP contribution in [0.2, 0.25) is 0 Å². The van der Waals surface area contributed by atoms with Crippen LogP contribution in [0.1, 0.15) is 5.56 Å². The summed E-state index contributed by atoms with van der Waals surface area (Å²) in [6, 6.07) is 10.2. The lowest BCUT2D eigenvalue weighted by Crippen LogP contribution is -2.33. The minimum absolute atomic E-state index is 0.510. The minimum atomic E-state index is 0.510. The fourth-order valence-corrected chi connectivity index (χ4v) is 1.24. The molecule has 1 rings (SSSR count). The van der Waals surface area contributed by atoms with Gasteiger partial charge < -0.3 is 5.32 Å². The van der Waals surface area contributed by atoms with Crippen molar-refractivity contribution in [2.75, 3.05) is 6.54 Å². The second-order valence-electron chi connectivity index (χ2n) is 2.76. The first-order valence-electron chi connectivity index (χ1n) is 4.36. The third kappa shape index (κ3) is 4.00. The van der Waals surface area contributed by atoms with Gasteiger partial charge in [-0.25, -0.2) is 0 Å². The Morgan fingerprint density at radius 3 is 2.71 bits per heavy atom. The third-order valence-corrected chi connectivity index (χ3v) is 1.96. The Hall–Kier alpha value is -1.42. The van der Waals surface area contributed by atoms with E-state index in [0.29, 0.717) is 5.11 Å². The number of thiocarbonyl (C=S) groups is 1. The number of rotatable bonds is 4. The van der Waals surface area contributed by atoms with Crippen molar-refractivity contribution in [3.05, 3.63) is 35.9 Å². The lowest BCUT2D eigenvalue weighted by atomic mass is 10.1. The zero-order valence-corrected chi connectivity index (χ0v) is 8.68. The second kappa shape index (κ2) is 6.10. The Balaban J connectivity index is 2.22. The minimum Gasteiger partial charge on any atom is -0.361 e. The van der Waals surface area contributed by atoms with Crippen molar-refractivity contribution in [3.63, 3.8) is 0 Å². The molecule has 0 aliphatic carbocycles. The monoisotopic (exact) mass is 207 g/mol. The molecule has 0 radical (unpaired) electrons. The van der Waals surface area contributed by atoms with Gasteiger partial charge in [-0.05, 0) is 24.2 Å². The van der Waals surface area contributed by atoms with Crippen molar-refractivity contribution in [1.29, 1.82) is 0 Å². The van der Waals surface area contributed by atoms with Crippen LogP contribution in [0.15, 0.2) is 35.4 Å². The summed E-state index contributed by atoms with van der Waals surface area (Å²) in [4.78, 5) is 0. The van der Waals surface area contributed by atoms with Gasteiger partial charge in [0.2, 0.25) is 0 Å². The largest absolute Gasteiger partial charge is 0.361 e. The Morgan fingerprint density at radius 2 is 2.07 bits per heavy atom. The predicted octanol–water partition coefficient (Wildman–Crippen LogP) is 1.31. The molecule has 3 nitrogen and oxygen atoms in total. The summed E-state index contributed by atoms with van der Waals surface area (Å²) < 4.78 is 0. The summed E-state index contributed by atoms with van der Waals surface area (Å²) >= 11 is 4.91. The van der Waals surface area contributed by atoms with E-state index in [9.17, 15) is 0 Å². The fraction of sp³-hybridized carbons (Fsp3) is 0.200. The van der Waals surface area contributed by atoms with E-state index in [1.54, 1.807) is 0 Å². The van der Waals surface area contributed by atoms with Gasteiger partial charge in [0.25, 0.3) is 0 Å². The molecular weight excluding hydrogens is 194 g/mol. The first-order chi connectivity index (χ1) is 6.83. The van der Waals surface area contributed by atoms with E-state index in [4.69, 9.17) is 12.2 Å². The lowest BCUT2D eigenvalue weighted by Gasteiger charge is -2.06. The van der Waals surface area contributed by atoms with Gasteiger partial charge in [-0.2, -0.15) is 5.10 Å². The van der Waals surface area contributed by atoms with Gasteiger partial charge in [-0.3, -0.25) is 5.43 Å². The molecule has 0 saturated carbocycles. The molecule has 0 aliphatic rings. The van der Waals surface area contributed by atoms with E-state index in [1.165, 1.54) is 5.56 Å². The van der Waals surface area contributed by atoms with E-state index in [2.05, 4.69) is 34.7 Å². The quantitative estimate of drug-likeness (QED) is 0.444. The van der Waals surface area contributed by atoms with Crippen molar-refractivity contribution in [1.82, 2.24) is 10.7 Å². The van der Waals surface area contributed by atoms with Crippen molar-refractivity contribution in [3.8, 4) is 0 Å². The van der Waals surface area contributed by atoms with E-state index in [0.717, 1.165) is 13.0 Å². The first kappa shape index (κ1) is 10.7. The summed E-state index contributed by atoms with van der Waals surface area (Å²) in [5.74, 6) is 0. The van der Waals surface area contributed by atoms with Crippen LogP contribution in [0.4, 0.5) is 0 Å². The standard InChI is InChI=1S/C10H13N3S/c1-11-13-10(14)12-8-7-9-5-3-2-4-6-9/h2-6H,1,7-8H2,(H2,12,13,14). The van der Waals surface area contributed by atoms with Crippen LogP contribution in [-0.2, 0) is 6.42 Å². The smallest absolute Gasteiger partial charge is 0.186 e. The molecule has 1 aromatic carbocycles. The van der Waals surface area contributed by atoms with Crippen molar-refractivity contribution >= 4 is 24.0 Å². The van der Waals surface area contributed by atoms with Gasteiger partial charge in [0.15, 0.2) is 5.11 Å². The number of nitrogens with zero attached hydrogens (tertiary/aromatic N) is 1. The van der Waals surface area contributed by atoms with Crippen LogP contribution in [0.5, 0.6) is 0 Å². The highest BCUT2D eigenvalue weighted by atomic mass is 32.1. The van der Waals surface area contributed by atoms with E-state index in [-0.39, 0.29) is 0 Å². The van der Waals surface area contributed by atoms with Crippen molar-refractivity contribution in [2.45, 2.75) is 6.42 Å². The number of nitrogens with one attached hydrogen (secondary N) is 2. The van der Waals surface area contributed by atoms with Crippen LogP contribution in [0, 0.1) is 0 Å². The molecule has 4 heteroatoms. The van der Waals surface area contributed by atoms with E-state index < -0.39 is 0 Å². The molecule has 0 unspecified atom stereocenters. The molecule has 0 amide bonds. The van der Waals surface area contributed by atoms with Crippen LogP contribution >= 0.6 is 12.2 Å². The summed E-state index contributed by atoms with van der Waals surface area (Å²) in [6.45, 7) is 4.08. The van der Waals surface area contributed by atoms with Crippen LogP contribution in [0.3, 0.4) is 0 Å². The lowest BCUT2D eigenvalue weighted by molar-refractivity contribution is 0.838. The summed E-state index contributed by atoms with van der Waals surface area (Å²) in [5.41, 5.74) is 3.85. The van der Waals surface area contributed by atoms with Gasteiger partial charge >= 0.3 is 0 Å². The molecule has 0 aromatic heterocycles. The van der Waals surface area contributed by atoms with Crippen LogP contribution in [-0.4, -0.2) is 18.4 Å². The normalized spacial score (nSPS) is 9.14. The van der Waals surface area contributed by atoms with Gasteiger partial charge in [0, 0.05) is 13.3 Å². The number of benzene rings is 1. The molecular formula is C10H13N3S. The Kier molecular flexibility index (Phi) is 4.64. The topological polar surface area (TPSA) is 36.4 Å². The van der Waals surface area contributed by atoms with Crippen LogP contribution < -0.4 is 10.7 Å². The summed E-state index contributed by atoms with van der Waals surface area (Å²) in [5, 5.41) is 6.99. The summed E-state index contributed by atoms with van der Waals surface area (Å²) in [7, 11) is 0. The summed E-state index contributed by atoms with van der Waals surface area (Å²) in [6.07, 6.45) is 0.944. The zero-order valence-electron chi connectivity index (χ0n) is 7.86. The Bertz CT molecular complexity index is 297. The Morgan fingerprint density at radius 1 is 1.36 bits per heavy atom. The highest BCUT2D eigenvalue weighted by Crippen LogP contribution is 1.97. The first-order valence-corrected chi connectivity index (χ1v) is 4.77. The average molecular weight is 207 g/mol. The van der Waals surface area contributed by atoms with Gasteiger partial charge in [0.05, 0.1) is 0 Å². The maximum Gasteiger partial charge on any atom is 0.186 e. The molecule has 0 bridgehead atoms. The molecule has 0 spiro atoms. The molecule has 0 heterocycles. The fourth-order valence-electron chi connectivity index (χ4n) is 1.08. The van der Waals surface area contributed by atoms with Gasteiger partial charge in [-0.15, -0.1) is 0 Å². The molecule has 74 valence electrons. The second-order valence-corrected chi connectivity index (χ2v) is 3.17. The average Bonchev–Trinajstić information content (AvgIpc) is 2.20. The maximum atomic E-state index is 4.91. The zero-order chi connectivity index (χ0) is 10.2. The van der Waals surface area contributed by atoms with Gasteiger partial charge in [-0.1, -0.05) is 30.3 Å². The highest BCUT2D eigenvalue weighted by Gasteiger charge is 1.93. The van der Waals surface area contributed by atoms with E-state index >= 15 is 0 Å². The van der Waals surface area contributed by atoms with E-state index in [1.807, 2.05) is 18.2 Å².